The van der Waals surface area contributed by atoms with Crippen molar-refractivity contribution in [3.63, 3.8) is 0 Å². The highest BCUT2D eigenvalue weighted by Gasteiger charge is 2.46. The maximum atomic E-state index is 13.3. The van der Waals surface area contributed by atoms with E-state index >= 15 is 0 Å². The van der Waals surface area contributed by atoms with E-state index in [9.17, 15) is 23.5 Å². The lowest BCUT2D eigenvalue weighted by molar-refractivity contribution is -0.111. The Morgan fingerprint density at radius 1 is 1.15 bits per heavy atom. The van der Waals surface area contributed by atoms with Crippen molar-refractivity contribution in [2.45, 2.75) is 31.8 Å². The molecule has 0 saturated carbocycles. The van der Waals surface area contributed by atoms with Gasteiger partial charge in [-0.2, -0.15) is 5.10 Å². The third-order valence-electron chi connectivity index (χ3n) is 5.91. The van der Waals surface area contributed by atoms with Crippen molar-refractivity contribution in [2.24, 2.45) is 7.05 Å². The minimum absolute atomic E-state index is 0.215. The van der Waals surface area contributed by atoms with Crippen molar-refractivity contribution in [3.8, 4) is 11.3 Å². The van der Waals surface area contributed by atoms with Crippen molar-refractivity contribution in [1.29, 1.82) is 0 Å². The second kappa shape index (κ2) is 9.83. The lowest BCUT2D eigenvalue weighted by atomic mass is 9.91. The molecule has 0 radical (unpaired) electrons. The van der Waals surface area contributed by atoms with Gasteiger partial charge in [0.15, 0.2) is 0 Å². The van der Waals surface area contributed by atoms with Gasteiger partial charge < -0.3 is 15.1 Å². The largest absolute Gasteiger partial charge is 0.336 e. The monoisotopic (exact) mass is 471 g/mol. The van der Waals surface area contributed by atoms with Crippen molar-refractivity contribution >= 4 is 25.3 Å². The van der Waals surface area contributed by atoms with Gasteiger partial charge in [0.05, 0.1) is 17.0 Å². The summed E-state index contributed by atoms with van der Waals surface area (Å²) in [6, 6.07) is 12.6. The molecule has 1 aromatic heterocycles. The van der Waals surface area contributed by atoms with E-state index in [0.29, 0.717) is 16.8 Å². The molecule has 1 heterocycles. The molecule has 9 heteroatoms. The van der Waals surface area contributed by atoms with Gasteiger partial charge in [-0.1, -0.05) is 32.0 Å². The quantitative estimate of drug-likeness (QED) is 0.314. The van der Waals surface area contributed by atoms with E-state index in [-0.39, 0.29) is 18.7 Å². The number of amides is 1. The number of anilines is 1. The summed E-state index contributed by atoms with van der Waals surface area (Å²) < 4.78 is 27.3. The molecule has 0 spiro atoms. The molecule has 174 valence electrons. The second-order valence-corrected chi connectivity index (χ2v) is 9.67. The van der Waals surface area contributed by atoms with Crippen LogP contribution in [0.15, 0.2) is 60.8 Å². The number of hydrogen-bond donors (Lipinski definition) is 3. The average molecular weight is 471 g/mol. The Bertz CT molecular complexity index is 1210. The van der Waals surface area contributed by atoms with Gasteiger partial charge in [0, 0.05) is 29.9 Å². The Hall–Kier alpha value is -3.06. The van der Waals surface area contributed by atoms with Gasteiger partial charge in [-0.15, -0.1) is 0 Å². The predicted molar refractivity (Wildman–Crippen MR) is 127 cm³/mol. The third-order valence-corrected chi connectivity index (χ3v) is 7.90. The zero-order valence-corrected chi connectivity index (χ0v) is 19.6. The lowest BCUT2D eigenvalue weighted by Crippen LogP contribution is -2.26. The van der Waals surface area contributed by atoms with E-state index < -0.39 is 18.7 Å². The SMILES string of the molecule is CCC(CC)(c1ccccc1NC(=O)/C=C/c1cnn(C)c1-c1ccc(F)cc1)P(=O)(O)O. The molecule has 0 fully saturated rings. The first-order valence-corrected chi connectivity index (χ1v) is 12.2. The number of hydrogen-bond acceptors (Lipinski definition) is 3. The van der Waals surface area contributed by atoms with Crippen LogP contribution in [-0.2, 0) is 21.6 Å². The van der Waals surface area contributed by atoms with Gasteiger partial charge in [-0.3, -0.25) is 14.0 Å². The fourth-order valence-electron chi connectivity index (χ4n) is 4.08. The summed E-state index contributed by atoms with van der Waals surface area (Å²) in [5.41, 5.74) is 2.89. The van der Waals surface area contributed by atoms with Gasteiger partial charge in [0.25, 0.3) is 0 Å². The van der Waals surface area contributed by atoms with Crippen LogP contribution in [0.5, 0.6) is 0 Å². The molecule has 3 N–H and O–H groups in total. The molecule has 0 bridgehead atoms. The molecule has 0 atom stereocenters. The van der Waals surface area contributed by atoms with Crippen LogP contribution in [0.25, 0.3) is 17.3 Å². The first-order valence-electron chi connectivity index (χ1n) is 10.5. The van der Waals surface area contributed by atoms with Crippen LogP contribution in [0.1, 0.15) is 37.8 Å². The molecule has 0 aliphatic heterocycles. The molecule has 3 rings (SSSR count). The highest BCUT2D eigenvalue weighted by Crippen LogP contribution is 2.62. The predicted octanol–water partition coefficient (Wildman–Crippen LogP) is 5.07. The Morgan fingerprint density at radius 2 is 1.79 bits per heavy atom. The Morgan fingerprint density at radius 3 is 2.39 bits per heavy atom. The fourth-order valence-corrected chi connectivity index (χ4v) is 5.41. The van der Waals surface area contributed by atoms with Gasteiger partial charge in [-0.25, -0.2) is 4.39 Å². The standard InChI is InChI=1S/C24H27FN3O4P/c1-4-24(5-2,33(30,31)32)20-8-6-7-9-21(20)27-22(29)15-12-18-16-26-28(3)23(18)17-10-13-19(25)14-11-17/h6-16H,4-5H2,1-3H3,(H,27,29)(H2,30,31,32)/b15-12+. The summed E-state index contributed by atoms with van der Waals surface area (Å²) in [6.07, 6.45) is 4.96. The zero-order chi connectivity index (χ0) is 24.2. The van der Waals surface area contributed by atoms with Gasteiger partial charge in [0.2, 0.25) is 5.91 Å². The fraction of sp³-hybridized carbons (Fsp3) is 0.250. The van der Waals surface area contributed by atoms with E-state index in [1.165, 1.54) is 18.2 Å². The summed E-state index contributed by atoms with van der Waals surface area (Å²) >= 11 is 0. The van der Waals surface area contributed by atoms with E-state index in [1.807, 2.05) is 0 Å². The van der Waals surface area contributed by atoms with Crippen molar-refractivity contribution in [3.05, 3.63) is 77.7 Å². The number of para-hydroxylation sites is 1. The number of halogens is 1. The van der Waals surface area contributed by atoms with Crippen molar-refractivity contribution in [2.75, 3.05) is 5.32 Å². The summed E-state index contributed by atoms with van der Waals surface area (Å²) in [6.45, 7) is 3.45. The number of carbonyl (C=O) groups excluding carboxylic acids is 1. The van der Waals surface area contributed by atoms with E-state index in [1.54, 1.807) is 74.2 Å². The number of nitrogens with zero attached hydrogens (tertiary/aromatic N) is 2. The van der Waals surface area contributed by atoms with Crippen LogP contribution >= 0.6 is 7.60 Å². The molecule has 0 saturated heterocycles. The topological polar surface area (TPSA) is 104 Å². The Kier molecular flexibility index (Phi) is 7.32. The van der Waals surface area contributed by atoms with Gasteiger partial charge >= 0.3 is 7.60 Å². The molecule has 33 heavy (non-hydrogen) atoms. The summed E-state index contributed by atoms with van der Waals surface area (Å²) in [5.74, 6) is -0.801. The lowest BCUT2D eigenvalue weighted by Gasteiger charge is -2.34. The summed E-state index contributed by atoms with van der Waals surface area (Å²) in [4.78, 5) is 32.9. The summed E-state index contributed by atoms with van der Waals surface area (Å²) in [5, 5.41) is 5.59. The third kappa shape index (κ3) is 4.98. The first kappa shape index (κ1) is 24.6. The summed E-state index contributed by atoms with van der Waals surface area (Å²) in [7, 11) is -2.76. The van der Waals surface area contributed by atoms with Crippen molar-refractivity contribution in [1.82, 2.24) is 9.78 Å². The van der Waals surface area contributed by atoms with Crippen LogP contribution in [0, 0.1) is 5.82 Å². The number of benzene rings is 2. The Labute approximate surface area is 192 Å². The molecule has 2 aromatic carbocycles. The van der Waals surface area contributed by atoms with Crippen LogP contribution in [-0.4, -0.2) is 25.5 Å². The second-order valence-electron chi connectivity index (χ2n) is 7.73. The highest BCUT2D eigenvalue weighted by atomic mass is 31.2. The molecular weight excluding hydrogens is 444 g/mol. The highest BCUT2D eigenvalue weighted by molar-refractivity contribution is 7.53. The normalized spacial score (nSPS) is 12.3. The number of aromatic nitrogens is 2. The Balaban J connectivity index is 1.90. The van der Waals surface area contributed by atoms with Crippen LogP contribution in [0.3, 0.4) is 0 Å². The maximum absolute atomic E-state index is 13.3. The van der Waals surface area contributed by atoms with E-state index in [0.717, 1.165) is 11.3 Å². The van der Waals surface area contributed by atoms with E-state index in [2.05, 4.69) is 10.4 Å². The molecular formula is C24H27FN3O4P. The average Bonchev–Trinajstić information content (AvgIpc) is 3.14. The maximum Gasteiger partial charge on any atom is 0.336 e. The molecule has 7 nitrogen and oxygen atoms in total. The number of aryl methyl sites for hydroxylation is 1. The minimum atomic E-state index is -4.51. The number of rotatable bonds is 8. The number of carbonyl (C=O) groups is 1. The van der Waals surface area contributed by atoms with Crippen LogP contribution < -0.4 is 5.32 Å². The van der Waals surface area contributed by atoms with Gasteiger partial charge in [0.1, 0.15) is 5.82 Å². The minimum Gasteiger partial charge on any atom is -0.324 e. The van der Waals surface area contributed by atoms with Gasteiger partial charge in [-0.05, 0) is 54.8 Å². The zero-order valence-electron chi connectivity index (χ0n) is 18.7. The molecule has 1 amide bonds. The van der Waals surface area contributed by atoms with E-state index in [4.69, 9.17) is 0 Å². The first-order chi connectivity index (χ1) is 15.6. The van der Waals surface area contributed by atoms with Crippen LogP contribution in [0.2, 0.25) is 0 Å². The molecule has 0 unspecified atom stereocenters. The molecule has 0 aliphatic carbocycles. The van der Waals surface area contributed by atoms with Crippen LogP contribution in [0.4, 0.5) is 10.1 Å². The van der Waals surface area contributed by atoms with Crippen molar-refractivity contribution < 1.29 is 23.5 Å². The smallest absolute Gasteiger partial charge is 0.324 e. The number of nitrogens with one attached hydrogen (secondary N) is 1. The molecule has 3 aromatic rings. The molecule has 0 aliphatic rings.